The maximum Gasteiger partial charge on any atom is 0.179 e. The van der Waals surface area contributed by atoms with Gasteiger partial charge in [-0.25, -0.2) is 19.3 Å². The van der Waals surface area contributed by atoms with Crippen LogP contribution in [0.15, 0.2) is 22.8 Å². The fourth-order valence-corrected chi connectivity index (χ4v) is 2.48. The number of nitrogens with zero attached hydrogens (tertiary/aromatic N) is 3. The molecule has 0 bridgehead atoms. The minimum absolute atomic E-state index is 0.194. The Balaban J connectivity index is 2.60. The second kappa shape index (κ2) is 5.13. The van der Waals surface area contributed by atoms with Crippen LogP contribution in [0.3, 0.4) is 0 Å². The van der Waals surface area contributed by atoms with Gasteiger partial charge in [0.25, 0.3) is 0 Å². The minimum atomic E-state index is -0.400. The highest BCUT2D eigenvalue weighted by Gasteiger charge is 2.23. The molecule has 100 valence electrons. The Hall–Kier alpha value is -1.07. The number of aromatic nitrogens is 3. The summed E-state index contributed by atoms with van der Waals surface area (Å²) in [6.07, 6.45) is 1.13. The summed E-state index contributed by atoms with van der Waals surface area (Å²) in [5.41, 5.74) is 1.08. The lowest BCUT2D eigenvalue weighted by Crippen LogP contribution is -2.16. The van der Waals surface area contributed by atoms with E-state index >= 15 is 0 Å². The SMILES string of the molecule is CC(C)(C)c1nc(-c2ccc(F)cn2)nc(Cl)c1Br. The molecule has 0 aliphatic heterocycles. The lowest BCUT2D eigenvalue weighted by Gasteiger charge is -2.20. The van der Waals surface area contributed by atoms with Crippen molar-refractivity contribution in [1.29, 1.82) is 0 Å². The van der Waals surface area contributed by atoms with Gasteiger partial charge in [-0.3, -0.25) is 0 Å². The van der Waals surface area contributed by atoms with Gasteiger partial charge in [-0.15, -0.1) is 0 Å². The highest BCUT2D eigenvalue weighted by molar-refractivity contribution is 9.10. The molecule has 0 amide bonds. The molecule has 2 aromatic rings. The number of hydrogen-bond acceptors (Lipinski definition) is 3. The average molecular weight is 345 g/mol. The van der Waals surface area contributed by atoms with Gasteiger partial charge in [0.2, 0.25) is 0 Å². The zero-order valence-electron chi connectivity index (χ0n) is 10.7. The highest BCUT2D eigenvalue weighted by Crippen LogP contribution is 2.33. The van der Waals surface area contributed by atoms with Crippen molar-refractivity contribution in [3.05, 3.63) is 39.5 Å². The third kappa shape index (κ3) is 3.09. The van der Waals surface area contributed by atoms with Gasteiger partial charge in [-0.1, -0.05) is 32.4 Å². The van der Waals surface area contributed by atoms with E-state index in [9.17, 15) is 4.39 Å². The average Bonchev–Trinajstić information content (AvgIpc) is 2.32. The van der Waals surface area contributed by atoms with E-state index in [4.69, 9.17) is 11.6 Å². The van der Waals surface area contributed by atoms with E-state index < -0.39 is 5.82 Å². The number of pyridine rings is 1. The number of hydrogen-bond donors (Lipinski definition) is 0. The summed E-state index contributed by atoms with van der Waals surface area (Å²) in [5, 5.41) is 0.320. The van der Waals surface area contributed by atoms with Crippen LogP contribution < -0.4 is 0 Å². The van der Waals surface area contributed by atoms with Gasteiger partial charge in [-0.05, 0) is 28.1 Å². The zero-order valence-corrected chi connectivity index (χ0v) is 13.0. The Bertz CT molecular complexity index is 609. The topological polar surface area (TPSA) is 38.7 Å². The van der Waals surface area contributed by atoms with Crippen LogP contribution >= 0.6 is 27.5 Å². The fourth-order valence-electron chi connectivity index (χ4n) is 1.54. The summed E-state index contributed by atoms with van der Waals surface area (Å²) in [4.78, 5) is 12.6. The smallest absolute Gasteiger partial charge is 0.179 e. The molecule has 0 aliphatic carbocycles. The molecule has 0 atom stereocenters. The molecule has 0 radical (unpaired) electrons. The molecule has 6 heteroatoms. The molecule has 19 heavy (non-hydrogen) atoms. The lowest BCUT2D eigenvalue weighted by molar-refractivity contribution is 0.564. The predicted octanol–water partition coefficient (Wildman–Crippen LogP) is 4.39. The highest BCUT2D eigenvalue weighted by atomic mass is 79.9. The van der Waals surface area contributed by atoms with E-state index in [2.05, 4.69) is 30.9 Å². The van der Waals surface area contributed by atoms with E-state index in [1.54, 1.807) is 0 Å². The first kappa shape index (κ1) is 14.3. The largest absolute Gasteiger partial charge is 0.250 e. The molecule has 3 nitrogen and oxygen atoms in total. The Kier molecular flexibility index (Phi) is 3.87. The van der Waals surface area contributed by atoms with Crippen molar-refractivity contribution >= 4 is 27.5 Å². The summed E-state index contributed by atoms with van der Waals surface area (Å²) < 4.78 is 13.6. The molecular weight excluding hydrogens is 333 g/mol. The van der Waals surface area contributed by atoms with Crippen LogP contribution in [0, 0.1) is 5.82 Å². The summed E-state index contributed by atoms with van der Waals surface area (Å²) in [7, 11) is 0. The number of rotatable bonds is 1. The van der Waals surface area contributed by atoms with Crippen LogP contribution in [-0.2, 0) is 5.41 Å². The Morgan fingerprint density at radius 1 is 1.21 bits per heavy atom. The van der Waals surface area contributed by atoms with Crippen molar-refractivity contribution in [2.24, 2.45) is 0 Å². The van der Waals surface area contributed by atoms with Gasteiger partial charge in [0, 0.05) is 5.41 Å². The normalized spacial score (nSPS) is 11.7. The fraction of sp³-hybridized carbons (Fsp3) is 0.308. The van der Waals surface area contributed by atoms with Gasteiger partial charge in [0.05, 0.1) is 16.4 Å². The summed E-state index contributed by atoms with van der Waals surface area (Å²) in [6.45, 7) is 6.08. The van der Waals surface area contributed by atoms with Gasteiger partial charge in [-0.2, -0.15) is 0 Å². The standard InChI is InChI=1S/C13H12BrClFN3/c1-13(2,3)10-9(14)11(15)19-12(18-10)8-5-4-7(16)6-17-8/h4-6H,1-3H3. The van der Waals surface area contributed by atoms with E-state index in [0.29, 0.717) is 21.1 Å². The molecule has 0 aliphatic rings. The van der Waals surface area contributed by atoms with Crippen molar-refractivity contribution < 1.29 is 4.39 Å². The second-order valence-electron chi connectivity index (χ2n) is 5.11. The summed E-state index contributed by atoms with van der Waals surface area (Å²) >= 11 is 9.50. The van der Waals surface area contributed by atoms with Crippen molar-refractivity contribution in [3.63, 3.8) is 0 Å². The third-order valence-corrected chi connectivity index (χ3v) is 3.73. The molecule has 0 unspecified atom stereocenters. The molecule has 0 saturated carbocycles. The minimum Gasteiger partial charge on any atom is -0.250 e. The predicted molar refractivity (Wildman–Crippen MR) is 76.6 cm³/mol. The quantitative estimate of drug-likeness (QED) is 0.720. The van der Waals surface area contributed by atoms with Crippen LogP contribution in [0.1, 0.15) is 26.5 Å². The Morgan fingerprint density at radius 2 is 1.89 bits per heavy atom. The molecule has 2 rings (SSSR count). The van der Waals surface area contributed by atoms with Crippen LogP contribution in [-0.4, -0.2) is 15.0 Å². The summed E-state index contributed by atoms with van der Waals surface area (Å²) in [5.74, 6) is -0.0128. The van der Waals surface area contributed by atoms with Crippen molar-refractivity contribution in [2.45, 2.75) is 26.2 Å². The van der Waals surface area contributed by atoms with Crippen molar-refractivity contribution in [3.8, 4) is 11.5 Å². The van der Waals surface area contributed by atoms with E-state index in [1.165, 1.54) is 12.1 Å². The molecule has 2 heterocycles. The molecular formula is C13H12BrClFN3. The number of halogens is 3. The molecule has 0 N–H and O–H groups in total. The first-order valence-corrected chi connectivity index (χ1v) is 6.81. The van der Waals surface area contributed by atoms with Crippen molar-refractivity contribution in [2.75, 3.05) is 0 Å². The lowest BCUT2D eigenvalue weighted by atomic mass is 9.92. The second-order valence-corrected chi connectivity index (χ2v) is 6.26. The van der Waals surface area contributed by atoms with Crippen LogP contribution in [0.4, 0.5) is 4.39 Å². The first-order chi connectivity index (χ1) is 8.79. The van der Waals surface area contributed by atoms with Gasteiger partial charge in [0.1, 0.15) is 16.7 Å². The Morgan fingerprint density at radius 3 is 2.42 bits per heavy atom. The van der Waals surface area contributed by atoms with E-state index in [-0.39, 0.29) is 5.41 Å². The van der Waals surface area contributed by atoms with Gasteiger partial charge < -0.3 is 0 Å². The Labute approximate surface area is 124 Å². The third-order valence-electron chi connectivity index (χ3n) is 2.48. The molecule has 2 aromatic heterocycles. The first-order valence-electron chi connectivity index (χ1n) is 5.64. The molecule has 0 saturated heterocycles. The van der Waals surface area contributed by atoms with Gasteiger partial charge in [0.15, 0.2) is 5.82 Å². The maximum absolute atomic E-state index is 12.9. The van der Waals surface area contributed by atoms with Crippen LogP contribution in [0.25, 0.3) is 11.5 Å². The zero-order chi connectivity index (χ0) is 14.2. The molecule has 0 fully saturated rings. The van der Waals surface area contributed by atoms with Crippen LogP contribution in [0.5, 0.6) is 0 Å². The maximum atomic E-state index is 12.9. The van der Waals surface area contributed by atoms with Gasteiger partial charge >= 0.3 is 0 Å². The van der Waals surface area contributed by atoms with E-state index in [1.807, 2.05) is 20.8 Å². The molecule has 0 spiro atoms. The van der Waals surface area contributed by atoms with Crippen molar-refractivity contribution in [1.82, 2.24) is 15.0 Å². The van der Waals surface area contributed by atoms with E-state index in [0.717, 1.165) is 11.9 Å². The monoisotopic (exact) mass is 343 g/mol. The summed E-state index contributed by atoms with van der Waals surface area (Å²) in [6, 6.07) is 2.85. The van der Waals surface area contributed by atoms with Crippen LogP contribution in [0.2, 0.25) is 5.15 Å². The molecule has 0 aromatic carbocycles.